The number of amides is 1. The lowest BCUT2D eigenvalue weighted by atomic mass is 10.1. The Morgan fingerprint density at radius 3 is 2.59 bits per heavy atom. The van der Waals surface area contributed by atoms with Crippen LogP contribution in [0.1, 0.15) is 68.4 Å². The molecule has 9 nitrogen and oxygen atoms in total. The molecule has 3 N–H and O–H groups in total. The Balaban J connectivity index is 1.74. The molecule has 4 heterocycles. The van der Waals surface area contributed by atoms with Crippen LogP contribution in [-0.4, -0.2) is 35.5 Å². The number of hydrogen-bond acceptors (Lipinski definition) is 5. The van der Waals surface area contributed by atoms with E-state index in [2.05, 4.69) is 20.6 Å². The summed E-state index contributed by atoms with van der Waals surface area (Å²) >= 11 is 0. The Kier molecular flexibility index (Phi) is 4.89. The van der Waals surface area contributed by atoms with Crippen LogP contribution in [0.15, 0.2) is 41.6 Å². The first-order valence-electron chi connectivity index (χ1n) is 11.4. The van der Waals surface area contributed by atoms with Gasteiger partial charge < -0.3 is 20.2 Å². The van der Waals surface area contributed by atoms with Crippen molar-refractivity contribution in [3.05, 3.63) is 64.1 Å². The molecule has 3 aromatic heterocycles. The highest BCUT2D eigenvalue weighted by molar-refractivity contribution is 6.01. The summed E-state index contributed by atoms with van der Waals surface area (Å²) in [7, 11) is 1.90. The molecule has 0 saturated heterocycles. The highest BCUT2D eigenvalue weighted by Crippen LogP contribution is 2.33. The van der Waals surface area contributed by atoms with Crippen LogP contribution in [0.25, 0.3) is 22.2 Å². The van der Waals surface area contributed by atoms with E-state index in [0.29, 0.717) is 22.4 Å². The highest BCUT2D eigenvalue weighted by atomic mass is 16.2. The standard InChI is InChI=1S/C25H29N7O2/c1-13-20-17(22(33)27-13)10-18(28-20)15-8-7-9-16-21(15)29-24(30-25(3,4)5)32(23(16)34)14(2)19-11-31(6)12-26-19/h7-14,28H,1-6H3,(H,27,33)(H,29,30)/t13-,14?/m1/s1. The molecule has 2 atom stereocenters. The number of imidazole rings is 1. The zero-order valence-electron chi connectivity index (χ0n) is 20.2. The lowest BCUT2D eigenvalue weighted by Gasteiger charge is -2.26. The van der Waals surface area contributed by atoms with Crippen LogP contribution in [0.4, 0.5) is 5.95 Å². The Hall–Kier alpha value is -3.88. The van der Waals surface area contributed by atoms with Crippen LogP contribution in [0.3, 0.4) is 0 Å². The molecule has 0 fully saturated rings. The van der Waals surface area contributed by atoms with Gasteiger partial charge in [-0.05, 0) is 46.8 Å². The van der Waals surface area contributed by atoms with Gasteiger partial charge in [-0.25, -0.2) is 9.97 Å². The predicted octanol–water partition coefficient (Wildman–Crippen LogP) is 3.75. The van der Waals surface area contributed by atoms with Gasteiger partial charge in [-0.3, -0.25) is 14.2 Å². The van der Waals surface area contributed by atoms with Crippen LogP contribution in [-0.2, 0) is 7.05 Å². The average Bonchev–Trinajstić information content (AvgIpc) is 3.44. The number of aromatic amines is 1. The number of carbonyl (C=O) groups is 1. The maximum Gasteiger partial charge on any atom is 0.263 e. The first-order chi connectivity index (χ1) is 16.0. The van der Waals surface area contributed by atoms with E-state index >= 15 is 0 Å². The Bertz CT molecular complexity index is 1490. The van der Waals surface area contributed by atoms with Crippen molar-refractivity contribution in [3.63, 3.8) is 0 Å². The van der Waals surface area contributed by atoms with E-state index in [1.165, 1.54) is 0 Å². The summed E-state index contributed by atoms with van der Waals surface area (Å²) in [5.41, 5.74) is 3.90. The number of hydrogen-bond donors (Lipinski definition) is 3. The molecule has 1 amide bonds. The minimum absolute atomic E-state index is 0.0891. The SMILES string of the molecule is CC(c1cn(C)cn1)n1c(NC(C)(C)C)nc2c(-c3cc4c([nH]3)[C@@H](C)NC4=O)cccc2c1=O. The molecular weight excluding hydrogens is 430 g/mol. The van der Waals surface area contributed by atoms with Crippen molar-refractivity contribution in [1.82, 2.24) is 29.4 Å². The molecule has 176 valence electrons. The fourth-order valence-electron chi connectivity index (χ4n) is 4.50. The largest absolute Gasteiger partial charge is 0.356 e. The Labute approximate surface area is 197 Å². The number of anilines is 1. The van der Waals surface area contributed by atoms with E-state index in [9.17, 15) is 9.59 Å². The number of nitrogens with one attached hydrogen (secondary N) is 3. The molecule has 1 unspecified atom stereocenters. The molecular formula is C25H29N7O2. The Morgan fingerprint density at radius 1 is 1.18 bits per heavy atom. The predicted molar refractivity (Wildman–Crippen MR) is 132 cm³/mol. The molecule has 4 aromatic rings. The second kappa shape index (κ2) is 7.58. The van der Waals surface area contributed by atoms with Crippen LogP contribution in [0, 0.1) is 0 Å². The summed E-state index contributed by atoms with van der Waals surface area (Å²) in [6.45, 7) is 9.97. The van der Waals surface area contributed by atoms with Crippen molar-refractivity contribution in [2.45, 2.75) is 52.2 Å². The molecule has 0 aliphatic carbocycles. The number of H-pyrrole nitrogens is 1. The van der Waals surface area contributed by atoms with Crippen molar-refractivity contribution in [3.8, 4) is 11.3 Å². The topological polar surface area (TPSA) is 110 Å². The third kappa shape index (κ3) is 3.57. The maximum absolute atomic E-state index is 13.9. The fourth-order valence-corrected chi connectivity index (χ4v) is 4.50. The molecule has 0 radical (unpaired) electrons. The zero-order chi connectivity index (χ0) is 24.4. The smallest absolute Gasteiger partial charge is 0.263 e. The summed E-state index contributed by atoms with van der Waals surface area (Å²) in [5.74, 6) is 0.376. The molecule has 0 saturated carbocycles. The maximum atomic E-state index is 13.9. The van der Waals surface area contributed by atoms with E-state index in [-0.39, 0.29) is 29.1 Å². The monoisotopic (exact) mass is 459 g/mol. The number of benzene rings is 1. The number of rotatable bonds is 4. The van der Waals surface area contributed by atoms with E-state index in [1.54, 1.807) is 17.0 Å². The zero-order valence-corrected chi connectivity index (χ0v) is 20.2. The van der Waals surface area contributed by atoms with Crippen molar-refractivity contribution >= 4 is 22.8 Å². The van der Waals surface area contributed by atoms with Crippen LogP contribution >= 0.6 is 0 Å². The first kappa shape index (κ1) is 21.9. The molecule has 9 heteroatoms. The van der Waals surface area contributed by atoms with Crippen molar-refractivity contribution in [2.75, 3.05) is 5.32 Å². The van der Waals surface area contributed by atoms with E-state index in [0.717, 1.165) is 22.6 Å². The van der Waals surface area contributed by atoms with Crippen LogP contribution in [0.2, 0.25) is 0 Å². The van der Waals surface area contributed by atoms with E-state index in [4.69, 9.17) is 4.98 Å². The summed E-state index contributed by atoms with van der Waals surface area (Å²) in [6.07, 6.45) is 3.63. The van der Waals surface area contributed by atoms with Gasteiger partial charge in [0.05, 0.1) is 46.3 Å². The van der Waals surface area contributed by atoms with Gasteiger partial charge in [0, 0.05) is 30.0 Å². The van der Waals surface area contributed by atoms with Gasteiger partial charge in [-0.2, -0.15) is 0 Å². The van der Waals surface area contributed by atoms with Gasteiger partial charge in [0.1, 0.15) is 0 Å². The number of nitrogens with zero attached hydrogens (tertiary/aromatic N) is 4. The summed E-state index contributed by atoms with van der Waals surface area (Å²) < 4.78 is 3.53. The van der Waals surface area contributed by atoms with Crippen molar-refractivity contribution < 1.29 is 4.79 Å². The second-order valence-electron chi connectivity index (χ2n) is 10.0. The number of carbonyl (C=O) groups excluding carboxylic acids is 1. The lowest BCUT2D eigenvalue weighted by Crippen LogP contribution is -2.34. The Morgan fingerprint density at radius 2 is 1.94 bits per heavy atom. The third-order valence-corrected chi connectivity index (χ3v) is 6.12. The molecule has 0 bridgehead atoms. The normalized spacial score (nSPS) is 16.5. The second-order valence-corrected chi connectivity index (χ2v) is 10.0. The van der Waals surface area contributed by atoms with Gasteiger partial charge >= 0.3 is 0 Å². The molecule has 1 aliphatic rings. The first-order valence-corrected chi connectivity index (χ1v) is 11.4. The van der Waals surface area contributed by atoms with Gasteiger partial charge in [0.25, 0.3) is 11.5 Å². The summed E-state index contributed by atoms with van der Waals surface area (Å²) in [5, 5.41) is 6.82. The summed E-state index contributed by atoms with van der Waals surface area (Å²) in [6, 6.07) is 6.99. The van der Waals surface area contributed by atoms with E-state index in [1.807, 2.05) is 70.6 Å². The van der Waals surface area contributed by atoms with Gasteiger partial charge in [-0.15, -0.1) is 0 Å². The minimum Gasteiger partial charge on any atom is -0.356 e. The third-order valence-electron chi connectivity index (χ3n) is 6.12. The van der Waals surface area contributed by atoms with Gasteiger partial charge in [-0.1, -0.05) is 12.1 Å². The highest BCUT2D eigenvalue weighted by Gasteiger charge is 2.29. The molecule has 1 aromatic carbocycles. The van der Waals surface area contributed by atoms with Crippen LogP contribution < -0.4 is 16.2 Å². The van der Waals surface area contributed by atoms with E-state index < -0.39 is 0 Å². The number of aryl methyl sites for hydroxylation is 1. The lowest BCUT2D eigenvalue weighted by molar-refractivity contribution is 0.0958. The molecule has 34 heavy (non-hydrogen) atoms. The summed E-state index contributed by atoms with van der Waals surface area (Å²) in [4.78, 5) is 38.9. The molecule has 5 rings (SSSR count). The number of aromatic nitrogens is 5. The van der Waals surface area contributed by atoms with Crippen LogP contribution in [0.5, 0.6) is 0 Å². The van der Waals surface area contributed by atoms with Crippen molar-refractivity contribution in [2.24, 2.45) is 7.05 Å². The van der Waals surface area contributed by atoms with Crippen molar-refractivity contribution in [1.29, 1.82) is 0 Å². The van der Waals surface area contributed by atoms with Gasteiger partial charge in [0.2, 0.25) is 5.95 Å². The minimum atomic E-state index is -0.325. The molecule has 0 spiro atoms. The average molecular weight is 460 g/mol. The number of para-hydroxylation sites is 1. The quantitative estimate of drug-likeness (QED) is 0.431. The fraction of sp³-hybridized carbons (Fsp3) is 0.360. The number of fused-ring (bicyclic) bond motifs is 2. The van der Waals surface area contributed by atoms with Gasteiger partial charge in [0.15, 0.2) is 0 Å². The molecule has 1 aliphatic heterocycles.